The second-order valence-electron chi connectivity index (χ2n) is 5.71. The zero-order valence-corrected chi connectivity index (χ0v) is 12.3. The lowest BCUT2D eigenvalue weighted by atomic mass is 9.77. The molecule has 1 saturated carbocycles. The SMILES string of the molecule is COc1ccc2nc(C3(N)CCCC(C)C3)sc2c1. The van der Waals surface area contributed by atoms with Crippen LogP contribution >= 0.6 is 11.3 Å². The van der Waals surface area contributed by atoms with E-state index in [2.05, 4.69) is 6.92 Å². The van der Waals surface area contributed by atoms with E-state index in [9.17, 15) is 0 Å². The van der Waals surface area contributed by atoms with Crippen LogP contribution in [-0.2, 0) is 5.54 Å². The Hall–Kier alpha value is -1.13. The lowest BCUT2D eigenvalue weighted by Gasteiger charge is -2.35. The van der Waals surface area contributed by atoms with Gasteiger partial charge in [-0.05, 0) is 37.0 Å². The second kappa shape index (κ2) is 4.76. The van der Waals surface area contributed by atoms with E-state index in [1.54, 1.807) is 18.4 Å². The van der Waals surface area contributed by atoms with E-state index in [-0.39, 0.29) is 5.54 Å². The Bertz CT molecular complexity index is 595. The molecule has 102 valence electrons. The lowest BCUT2D eigenvalue weighted by molar-refractivity contribution is 0.239. The van der Waals surface area contributed by atoms with Crippen LogP contribution in [0.1, 0.15) is 37.6 Å². The largest absolute Gasteiger partial charge is 0.497 e. The van der Waals surface area contributed by atoms with Crippen molar-refractivity contribution in [2.45, 2.75) is 38.1 Å². The van der Waals surface area contributed by atoms with Gasteiger partial charge in [-0.2, -0.15) is 0 Å². The van der Waals surface area contributed by atoms with Crippen LogP contribution in [0.5, 0.6) is 5.75 Å². The van der Waals surface area contributed by atoms with E-state index in [4.69, 9.17) is 15.5 Å². The molecule has 1 fully saturated rings. The molecular weight excluding hydrogens is 256 g/mol. The third-order valence-corrected chi connectivity index (χ3v) is 5.29. The van der Waals surface area contributed by atoms with E-state index in [0.29, 0.717) is 5.92 Å². The van der Waals surface area contributed by atoms with Crippen molar-refractivity contribution in [3.8, 4) is 5.75 Å². The van der Waals surface area contributed by atoms with Crippen LogP contribution in [0, 0.1) is 5.92 Å². The molecule has 19 heavy (non-hydrogen) atoms. The van der Waals surface area contributed by atoms with Gasteiger partial charge in [0.1, 0.15) is 10.8 Å². The quantitative estimate of drug-likeness (QED) is 0.910. The first-order valence-corrected chi connectivity index (χ1v) is 7.66. The molecule has 2 atom stereocenters. The highest BCUT2D eigenvalue weighted by molar-refractivity contribution is 7.18. The summed E-state index contributed by atoms with van der Waals surface area (Å²) in [5.74, 6) is 1.58. The molecule has 2 N–H and O–H groups in total. The van der Waals surface area contributed by atoms with Crippen molar-refractivity contribution in [3.05, 3.63) is 23.2 Å². The minimum atomic E-state index is -0.228. The zero-order valence-electron chi connectivity index (χ0n) is 11.5. The number of nitrogens with two attached hydrogens (primary N) is 1. The zero-order chi connectivity index (χ0) is 13.5. The van der Waals surface area contributed by atoms with Gasteiger partial charge in [0.25, 0.3) is 0 Å². The summed E-state index contributed by atoms with van der Waals surface area (Å²) in [6.07, 6.45) is 4.59. The molecule has 4 heteroatoms. The van der Waals surface area contributed by atoms with Crippen LogP contribution in [-0.4, -0.2) is 12.1 Å². The van der Waals surface area contributed by atoms with Crippen molar-refractivity contribution < 1.29 is 4.74 Å². The number of rotatable bonds is 2. The van der Waals surface area contributed by atoms with Crippen molar-refractivity contribution in [2.75, 3.05) is 7.11 Å². The predicted molar refractivity (Wildman–Crippen MR) is 79.7 cm³/mol. The van der Waals surface area contributed by atoms with Crippen molar-refractivity contribution >= 4 is 21.6 Å². The minimum absolute atomic E-state index is 0.228. The molecule has 1 aliphatic carbocycles. The van der Waals surface area contributed by atoms with E-state index in [1.807, 2.05) is 18.2 Å². The van der Waals surface area contributed by atoms with Gasteiger partial charge in [-0.3, -0.25) is 0 Å². The lowest BCUT2D eigenvalue weighted by Crippen LogP contribution is -2.40. The summed E-state index contributed by atoms with van der Waals surface area (Å²) in [5, 5.41) is 1.09. The van der Waals surface area contributed by atoms with Crippen molar-refractivity contribution in [3.63, 3.8) is 0 Å². The first-order valence-electron chi connectivity index (χ1n) is 6.85. The third-order valence-electron chi connectivity index (χ3n) is 4.05. The molecule has 0 aliphatic heterocycles. The fraction of sp³-hybridized carbons (Fsp3) is 0.533. The fourth-order valence-corrected chi connectivity index (χ4v) is 4.17. The fourth-order valence-electron chi connectivity index (χ4n) is 3.03. The number of hydrogen-bond acceptors (Lipinski definition) is 4. The maximum atomic E-state index is 6.62. The number of thiazole rings is 1. The average Bonchev–Trinajstić information content (AvgIpc) is 2.81. The first-order chi connectivity index (χ1) is 9.10. The Kier molecular flexibility index (Phi) is 3.23. The molecule has 0 radical (unpaired) electrons. The van der Waals surface area contributed by atoms with Gasteiger partial charge in [-0.25, -0.2) is 4.98 Å². The smallest absolute Gasteiger partial charge is 0.120 e. The highest BCUT2D eigenvalue weighted by atomic mass is 32.1. The number of ether oxygens (including phenoxy) is 1. The number of benzene rings is 1. The summed E-state index contributed by atoms with van der Waals surface area (Å²) >= 11 is 1.72. The van der Waals surface area contributed by atoms with Crippen LogP contribution < -0.4 is 10.5 Å². The summed E-state index contributed by atoms with van der Waals surface area (Å²) < 4.78 is 6.43. The van der Waals surface area contributed by atoms with Crippen LogP contribution in [0.3, 0.4) is 0 Å². The molecule has 2 aromatic rings. The van der Waals surface area contributed by atoms with Crippen LogP contribution in [0.25, 0.3) is 10.2 Å². The maximum Gasteiger partial charge on any atom is 0.120 e. The molecular formula is C15H20N2OS. The number of nitrogens with zero attached hydrogens (tertiary/aromatic N) is 1. The number of methoxy groups -OCH3 is 1. The molecule has 1 aliphatic rings. The Morgan fingerprint density at radius 1 is 1.47 bits per heavy atom. The van der Waals surface area contributed by atoms with Crippen molar-refractivity contribution in [1.29, 1.82) is 0 Å². The van der Waals surface area contributed by atoms with Crippen LogP contribution in [0.2, 0.25) is 0 Å². The number of fused-ring (bicyclic) bond motifs is 1. The van der Waals surface area contributed by atoms with Gasteiger partial charge in [-0.1, -0.05) is 19.8 Å². The molecule has 0 amide bonds. The first kappa shape index (κ1) is 12.9. The monoisotopic (exact) mass is 276 g/mol. The molecule has 3 nitrogen and oxygen atoms in total. The second-order valence-corrected chi connectivity index (χ2v) is 6.74. The van der Waals surface area contributed by atoms with E-state index in [0.717, 1.165) is 33.8 Å². The van der Waals surface area contributed by atoms with Crippen molar-refractivity contribution in [2.24, 2.45) is 11.7 Å². The Morgan fingerprint density at radius 2 is 2.32 bits per heavy atom. The minimum Gasteiger partial charge on any atom is -0.497 e. The molecule has 1 heterocycles. The maximum absolute atomic E-state index is 6.62. The van der Waals surface area contributed by atoms with E-state index in [1.165, 1.54) is 12.8 Å². The molecule has 1 aromatic carbocycles. The van der Waals surface area contributed by atoms with Crippen LogP contribution in [0.4, 0.5) is 0 Å². The van der Waals surface area contributed by atoms with Crippen molar-refractivity contribution in [1.82, 2.24) is 4.98 Å². The van der Waals surface area contributed by atoms with Gasteiger partial charge >= 0.3 is 0 Å². The van der Waals surface area contributed by atoms with Crippen LogP contribution in [0.15, 0.2) is 18.2 Å². The highest BCUT2D eigenvalue weighted by Crippen LogP contribution is 2.41. The Labute approximate surface area is 117 Å². The van der Waals surface area contributed by atoms with Gasteiger partial charge in [0, 0.05) is 0 Å². The summed E-state index contributed by atoms with van der Waals surface area (Å²) in [6, 6.07) is 6.02. The molecule has 2 unspecified atom stereocenters. The standard InChI is InChI=1S/C15H20N2OS/c1-10-4-3-7-15(16,9-10)14-17-12-6-5-11(18-2)8-13(12)19-14/h5-6,8,10H,3-4,7,9,16H2,1-2H3. The highest BCUT2D eigenvalue weighted by Gasteiger charge is 2.35. The third kappa shape index (κ3) is 2.35. The van der Waals surface area contributed by atoms with Gasteiger partial charge in [0.2, 0.25) is 0 Å². The molecule has 0 bridgehead atoms. The predicted octanol–water partition coefficient (Wildman–Crippen LogP) is 3.67. The molecule has 0 saturated heterocycles. The summed E-state index contributed by atoms with van der Waals surface area (Å²) in [6.45, 7) is 2.29. The van der Waals surface area contributed by atoms with E-state index < -0.39 is 0 Å². The summed E-state index contributed by atoms with van der Waals surface area (Å²) in [4.78, 5) is 4.76. The number of hydrogen-bond donors (Lipinski definition) is 1. The summed E-state index contributed by atoms with van der Waals surface area (Å²) in [5.41, 5.74) is 7.43. The molecule has 1 aromatic heterocycles. The van der Waals surface area contributed by atoms with Gasteiger partial charge in [-0.15, -0.1) is 11.3 Å². The summed E-state index contributed by atoms with van der Waals surface area (Å²) in [7, 11) is 1.69. The van der Waals surface area contributed by atoms with E-state index >= 15 is 0 Å². The normalized spacial score (nSPS) is 27.6. The van der Waals surface area contributed by atoms with Gasteiger partial charge in [0.15, 0.2) is 0 Å². The Balaban J connectivity index is 2.00. The van der Waals surface area contributed by atoms with Gasteiger partial charge in [0.05, 0.1) is 22.9 Å². The molecule has 3 rings (SSSR count). The molecule has 0 spiro atoms. The topological polar surface area (TPSA) is 48.1 Å². The Morgan fingerprint density at radius 3 is 3.05 bits per heavy atom. The number of aromatic nitrogens is 1. The van der Waals surface area contributed by atoms with Gasteiger partial charge < -0.3 is 10.5 Å². The average molecular weight is 276 g/mol.